The van der Waals surface area contributed by atoms with Crippen LogP contribution in [0.1, 0.15) is 42.4 Å². The molecule has 2 aromatic heterocycles. The van der Waals surface area contributed by atoms with Crippen molar-refractivity contribution in [2.24, 2.45) is 0 Å². The fourth-order valence-corrected chi connectivity index (χ4v) is 4.37. The van der Waals surface area contributed by atoms with Gasteiger partial charge < -0.3 is 0 Å². The maximum absolute atomic E-state index is 14.8. The molecular formula is C22H14Cl2F9N3. The third-order valence-electron chi connectivity index (χ3n) is 5.79. The highest BCUT2D eigenvalue weighted by Crippen LogP contribution is 2.54. The molecule has 0 amide bonds. The second kappa shape index (κ2) is 8.54. The Bertz CT molecular complexity index is 1290. The molecule has 1 unspecified atom stereocenters. The lowest BCUT2D eigenvalue weighted by molar-refractivity contribution is -0.304. The molecule has 1 aromatic carbocycles. The number of rotatable bonds is 5. The van der Waals surface area contributed by atoms with Crippen LogP contribution in [0.4, 0.5) is 39.5 Å². The highest BCUT2D eigenvalue weighted by atomic mass is 35.5. The Morgan fingerprint density at radius 2 is 1.53 bits per heavy atom. The summed E-state index contributed by atoms with van der Waals surface area (Å²) in [5.41, 5.74) is -8.83. The van der Waals surface area contributed by atoms with Crippen LogP contribution in [0, 0.1) is 0 Å². The first-order valence-corrected chi connectivity index (χ1v) is 11.0. The van der Waals surface area contributed by atoms with Gasteiger partial charge in [0.1, 0.15) is 5.15 Å². The summed E-state index contributed by atoms with van der Waals surface area (Å²) in [5, 5.41) is 3.01. The molecule has 14 heteroatoms. The van der Waals surface area contributed by atoms with Gasteiger partial charge in [0.2, 0.25) is 0 Å². The lowest BCUT2D eigenvalue weighted by atomic mass is 9.87. The molecule has 0 N–H and O–H groups in total. The van der Waals surface area contributed by atoms with E-state index in [4.69, 9.17) is 23.2 Å². The third kappa shape index (κ3) is 4.53. The number of pyridine rings is 1. The molecule has 1 atom stereocenters. The van der Waals surface area contributed by atoms with Crippen molar-refractivity contribution in [1.29, 1.82) is 0 Å². The van der Waals surface area contributed by atoms with Crippen molar-refractivity contribution in [2.75, 3.05) is 0 Å². The predicted octanol–water partition coefficient (Wildman–Crippen LogP) is 8.52. The fraction of sp³-hybridized carbons (Fsp3) is 0.364. The monoisotopic (exact) mass is 561 g/mol. The van der Waals surface area contributed by atoms with Gasteiger partial charge in [-0.05, 0) is 42.5 Å². The Labute approximate surface area is 207 Å². The van der Waals surface area contributed by atoms with E-state index in [0.717, 1.165) is 30.8 Å². The van der Waals surface area contributed by atoms with Crippen molar-refractivity contribution in [3.63, 3.8) is 0 Å². The molecule has 0 saturated heterocycles. The summed E-state index contributed by atoms with van der Waals surface area (Å²) in [4.78, 5) is 4.06. The van der Waals surface area contributed by atoms with Gasteiger partial charge in [0.15, 0.2) is 0 Å². The van der Waals surface area contributed by atoms with E-state index in [1.165, 1.54) is 6.20 Å². The number of hydrogen-bond donors (Lipinski definition) is 0. The van der Waals surface area contributed by atoms with Crippen LogP contribution in [0.15, 0.2) is 36.8 Å². The van der Waals surface area contributed by atoms with Gasteiger partial charge in [-0.15, -0.1) is 0 Å². The minimum absolute atomic E-state index is 0.0907. The zero-order valence-corrected chi connectivity index (χ0v) is 19.5. The zero-order chi connectivity index (χ0) is 26.8. The Morgan fingerprint density at radius 1 is 0.889 bits per heavy atom. The van der Waals surface area contributed by atoms with Crippen LogP contribution in [0.2, 0.25) is 10.2 Å². The van der Waals surface area contributed by atoms with E-state index >= 15 is 0 Å². The van der Waals surface area contributed by atoms with E-state index in [9.17, 15) is 39.5 Å². The minimum atomic E-state index is -6.25. The number of halogens is 11. The highest BCUT2D eigenvalue weighted by Gasteiger charge is 2.70. The van der Waals surface area contributed by atoms with Crippen molar-refractivity contribution in [1.82, 2.24) is 14.8 Å². The Morgan fingerprint density at radius 3 is 2.06 bits per heavy atom. The normalized spacial score (nSPS) is 16.8. The highest BCUT2D eigenvalue weighted by molar-refractivity contribution is 6.32. The van der Waals surface area contributed by atoms with Crippen molar-refractivity contribution in [3.05, 3.63) is 63.7 Å². The lowest BCUT2D eigenvalue weighted by Gasteiger charge is -2.34. The van der Waals surface area contributed by atoms with Gasteiger partial charge in [-0.3, -0.25) is 0 Å². The molecule has 36 heavy (non-hydrogen) atoms. The molecule has 3 aromatic rings. The number of nitrogens with zero attached hydrogens (tertiary/aromatic N) is 3. The quantitative estimate of drug-likeness (QED) is 0.231. The van der Waals surface area contributed by atoms with Crippen molar-refractivity contribution in [2.45, 2.75) is 49.6 Å². The lowest BCUT2D eigenvalue weighted by Crippen LogP contribution is -2.51. The van der Waals surface area contributed by atoms with Gasteiger partial charge in [-0.25, -0.2) is 22.8 Å². The first kappa shape index (κ1) is 26.6. The van der Waals surface area contributed by atoms with Crippen molar-refractivity contribution in [3.8, 4) is 16.8 Å². The molecule has 3 nitrogen and oxygen atoms in total. The zero-order valence-electron chi connectivity index (χ0n) is 18.0. The van der Waals surface area contributed by atoms with Gasteiger partial charge in [0.25, 0.3) is 11.6 Å². The first-order chi connectivity index (χ1) is 16.4. The average molecular weight is 562 g/mol. The van der Waals surface area contributed by atoms with Crippen LogP contribution in [0.5, 0.6) is 0 Å². The average Bonchev–Trinajstić information content (AvgIpc) is 3.47. The second-order valence-electron chi connectivity index (χ2n) is 8.45. The van der Waals surface area contributed by atoms with E-state index in [1.807, 2.05) is 0 Å². The molecule has 1 fully saturated rings. The molecule has 1 aliphatic rings. The molecule has 2 heterocycles. The van der Waals surface area contributed by atoms with Crippen LogP contribution in [0.3, 0.4) is 0 Å². The van der Waals surface area contributed by atoms with Gasteiger partial charge >= 0.3 is 12.4 Å². The second-order valence-corrected chi connectivity index (χ2v) is 9.21. The molecule has 1 aliphatic carbocycles. The van der Waals surface area contributed by atoms with Gasteiger partial charge in [-0.2, -0.15) is 31.4 Å². The van der Waals surface area contributed by atoms with Crippen LogP contribution < -0.4 is 0 Å². The Kier molecular flexibility index (Phi) is 6.31. The maximum Gasteiger partial charge on any atom is 0.432 e. The largest absolute Gasteiger partial charge is 0.432 e. The maximum atomic E-state index is 14.8. The number of alkyl halides is 9. The molecule has 0 radical (unpaired) electrons. The third-order valence-corrected chi connectivity index (χ3v) is 6.39. The van der Waals surface area contributed by atoms with Crippen LogP contribution in [-0.2, 0) is 11.8 Å². The summed E-state index contributed by atoms with van der Waals surface area (Å²) in [6, 6.07) is 1.45. The van der Waals surface area contributed by atoms with E-state index in [-0.39, 0.29) is 35.7 Å². The molecule has 4 rings (SSSR count). The molecule has 0 bridgehead atoms. The van der Waals surface area contributed by atoms with E-state index in [1.54, 1.807) is 6.07 Å². The fourth-order valence-electron chi connectivity index (χ4n) is 3.81. The summed E-state index contributed by atoms with van der Waals surface area (Å²) >= 11 is 12.0. The van der Waals surface area contributed by atoms with Gasteiger partial charge in [-0.1, -0.05) is 23.2 Å². The smallest absolute Gasteiger partial charge is 0.244 e. The number of benzene rings is 1. The molecule has 1 saturated carbocycles. The van der Waals surface area contributed by atoms with E-state index in [0.29, 0.717) is 10.2 Å². The van der Waals surface area contributed by atoms with Crippen LogP contribution in [0.25, 0.3) is 16.8 Å². The molecule has 194 valence electrons. The van der Waals surface area contributed by atoms with Crippen LogP contribution >= 0.6 is 23.2 Å². The standard InChI is InChI=1S/C22H14Cl2F9N3/c1-19(25,26)20(27,22(31,32)33)13-5-15(21(28,29)30)17(16(23)6-13)36-9-12(8-35-36)11-4-14(10-2-3-10)18(24)34-7-11/h4-10H,2-3H2,1H3. The SMILES string of the molecule is CC(F)(F)C(F)(c1cc(Cl)c(-n2cc(-c3cnc(Cl)c(C4CC4)c3)cn2)c(C(F)(F)F)c1)C(F)(F)F. The predicted molar refractivity (Wildman–Crippen MR) is 113 cm³/mol. The number of hydrogen-bond acceptors (Lipinski definition) is 2. The van der Waals surface area contributed by atoms with Crippen molar-refractivity contribution < 1.29 is 39.5 Å². The van der Waals surface area contributed by atoms with E-state index < -0.39 is 45.8 Å². The first-order valence-electron chi connectivity index (χ1n) is 10.2. The summed E-state index contributed by atoms with van der Waals surface area (Å²) in [6.45, 7) is -0.384. The topological polar surface area (TPSA) is 30.7 Å². The Hall–Kier alpha value is -2.47. The molecular weight excluding hydrogens is 548 g/mol. The summed E-state index contributed by atoms with van der Waals surface area (Å²) in [5.74, 6) is -4.93. The van der Waals surface area contributed by atoms with E-state index in [2.05, 4.69) is 10.1 Å². The van der Waals surface area contributed by atoms with Crippen molar-refractivity contribution >= 4 is 23.2 Å². The summed E-state index contributed by atoms with van der Waals surface area (Å²) in [7, 11) is 0. The van der Waals surface area contributed by atoms with Crippen LogP contribution in [-0.4, -0.2) is 26.9 Å². The molecule has 0 aliphatic heterocycles. The van der Waals surface area contributed by atoms with Gasteiger partial charge in [0, 0.05) is 36.0 Å². The summed E-state index contributed by atoms with van der Waals surface area (Å²) in [6.07, 6.45) is -6.26. The van der Waals surface area contributed by atoms with Gasteiger partial charge in [0.05, 0.1) is 22.5 Å². The molecule has 0 spiro atoms. The number of aromatic nitrogens is 3. The Balaban J connectivity index is 1.87. The minimum Gasteiger partial charge on any atom is -0.244 e. The summed E-state index contributed by atoms with van der Waals surface area (Å²) < 4.78 is 125.